The molecule has 2 aliphatic heterocycles. The first-order valence-electron chi connectivity index (χ1n) is 3.66. The molecule has 0 aromatic carbocycles. The van der Waals surface area contributed by atoms with Gasteiger partial charge in [0.05, 0.1) is 0 Å². The molecular formula is C7H12OS. The minimum absolute atomic E-state index is 0.965. The Labute approximate surface area is 60.2 Å². The summed E-state index contributed by atoms with van der Waals surface area (Å²) in [6, 6.07) is 0. The van der Waals surface area contributed by atoms with E-state index in [0.717, 1.165) is 24.4 Å². The summed E-state index contributed by atoms with van der Waals surface area (Å²) >= 11 is 2.12. The Morgan fingerprint density at radius 3 is 2.89 bits per heavy atom. The molecule has 0 aromatic rings. The van der Waals surface area contributed by atoms with Crippen molar-refractivity contribution in [1.29, 1.82) is 0 Å². The highest BCUT2D eigenvalue weighted by atomic mass is 32.2. The molecule has 0 aromatic heterocycles. The second kappa shape index (κ2) is 2.51. The lowest BCUT2D eigenvalue weighted by Crippen LogP contribution is -2.29. The highest BCUT2D eigenvalue weighted by molar-refractivity contribution is 8.01. The van der Waals surface area contributed by atoms with Crippen LogP contribution < -0.4 is 0 Å². The minimum atomic E-state index is 0.965. The molecular weight excluding hydrogens is 132 g/mol. The third-order valence-electron chi connectivity index (χ3n) is 2.23. The average molecular weight is 144 g/mol. The molecule has 0 radical (unpaired) electrons. The monoisotopic (exact) mass is 144 g/mol. The maximum absolute atomic E-state index is 5.36. The molecule has 2 atom stereocenters. The molecule has 2 heterocycles. The van der Waals surface area contributed by atoms with Gasteiger partial charge in [0.1, 0.15) is 0 Å². The zero-order valence-corrected chi connectivity index (χ0v) is 6.32. The second-order valence-corrected chi connectivity index (χ2v) is 4.09. The van der Waals surface area contributed by atoms with Crippen LogP contribution in [0.4, 0.5) is 0 Å². The highest BCUT2D eigenvalue weighted by Crippen LogP contribution is 2.40. The lowest BCUT2D eigenvalue weighted by atomic mass is 10.0. The van der Waals surface area contributed by atoms with Crippen LogP contribution in [0.2, 0.25) is 0 Å². The molecule has 0 aliphatic carbocycles. The van der Waals surface area contributed by atoms with Gasteiger partial charge in [-0.15, -0.1) is 0 Å². The highest BCUT2D eigenvalue weighted by Gasteiger charge is 2.32. The molecule has 2 fully saturated rings. The van der Waals surface area contributed by atoms with Crippen molar-refractivity contribution in [3.63, 3.8) is 0 Å². The first-order chi connectivity index (χ1) is 4.47. The standard InChI is InChI=1S/C7H12OS/c1-3-8-4-2-7-6(1)5-9-7/h6-7H,1-5H2. The Balaban J connectivity index is 1.90. The molecule has 2 heteroatoms. The van der Waals surface area contributed by atoms with Crippen LogP contribution in [-0.2, 0) is 4.74 Å². The molecule has 2 unspecified atom stereocenters. The molecule has 0 saturated carbocycles. The summed E-state index contributed by atoms with van der Waals surface area (Å²) in [5, 5.41) is 0.965. The summed E-state index contributed by atoms with van der Waals surface area (Å²) in [5.41, 5.74) is 0. The van der Waals surface area contributed by atoms with Crippen molar-refractivity contribution in [2.75, 3.05) is 19.0 Å². The van der Waals surface area contributed by atoms with Gasteiger partial charge in [0, 0.05) is 18.5 Å². The van der Waals surface area contributed by atoms with Gasteiger partial charge in [-0.1, -0.05) is 0 Å². The van der Waals surface area contributed by atoms with Crippen LogP contribution >= 0.6 is 11.8 Å². The summed E-state index contributed by atoms with van der Waals surface area (Å²) in [6.45, 7) is 2.02. The Kier molecular flexibility index (Phi) is 1.68. The minimum Gasteiger partial charge on any atom is -0.381 e. The largest absolute Gasteiger partial charge is 0.381 e. The van der Waals surface area contributed by atoms with E-state index in [9.17, 15) is 0 Å². The SMILES string of the molecule is C1CC2CSC2CCO1. The number of hydrogen-bond donors (Lipinski definition) is 0. The van der Waals surface area contributed by atoms with Crippen molar-refractivity contribution in [1.82, 2.24) is 0 Å². The zero-order valence-electron chi connectivity index (χ0n) is 5.51. The van der Waals surface area contributed by atoms with Crippen molar-refractivity contribution in [3.8, 4) is 0 Å². The molecule has 0 bridgehead atoms. The molecule has 0 amide bonds. The lowest BCUT2D eigenvalue weighted by molar-refractivity contribution is 0.142. The number of fused-ring (bicyclic) bond motifs is 1. The second-order valence-electron chi connectivity index (χ2n) is 2.82. The van der Waals surface area contributed by atoms with E-state index in [1.165, 1.54) is 18.6 Å². The summed E-state index contributed by atoms with van der Waals surface area (Å²) in [6.07, 6.45) is 2.62. The summed E-state index contributed by atoms with van der Waals surface area (Å²) in [5.74, 6) is 2.41. The fourth-order valence-electron chi connectivity index (χ4n) is 1.49. The van der Waals surface area contributed by atoms with E-state index in [1.54, 1.807) is 0 Å². The topological polar surface area (TPSA) is 9.23 Å². The van der Waals surface area contributed by atoms with Crippen LogP contribution in [0.15, 0.2) is 0 Å². The van der Waals surface area contributed by atoms with E-state index in [1.807, 2.05) is 0 Å². The Morgan fingerprint density at radius 1 is 1.22 bits per heavy atom. The summed E-state index contributed by atoms with van der Waals surface area (Å²) < 4.78 is 5.36. The van der Waals surface area contributed by atoms with E-state index in [-0.39, 0.29) is 0 Å². The maximum Gasteiger partial charge on any atom is 0.0476 e. The smallest absolute Gasteiger partial charge is 0.0476 e. The third kappa shape index (κ3) is 1.10. The van der Waals surface area contributed by atoms with Crippen molar-refractivity contribution in [2.45, 2.75) is 18.1 Å². The average Bonchev–Trinajstić information content (AvgIpc) is 1.94. The maximum atomic E-state index is 5.36. The van der Waals surface area contributed by atoms with E-state index in [4.69, 9.17) is 4.74 Å². The van der Waals surface area contributed by atoms with E-state index >= 15 is 0 Å². The van der Waals surface area contributed by atoms with Gasteiger partial charge in [0.15, 0.2) is 0 Å². The first kappa shape index (κ1) is 6.05. The predicted octanol–water partition coefficient (Wildman–Crippen LogP) is 1.53. The quantitative estimate of drug-likeness (QED) is 0.510. The number of thioether (sulfide) groups is 1. The van der Waals surface area contributed by atoms with Crippen LogP contribution in [0.1, 0.15) is 12.8 Å². The molecule has 52 valence electrons. The van der Waals surface area contributed by atoms with Gasteiger partial charge in [-0.2, -0.15) is 11.8 Å². The normalized spacial score (nSPS) is 42.7. The van der Waals surface area contributed by atoms with Crippen molar-refractivity contribution in [2.24, 2.45) is 5.92 Å². The molecule has 2 rings (SSSR count). The van der Waals surface area contributed by atoms with Gasteiger partial charge >= 0.3 is 0 Å². The van der Waals surface area contributed by atoms with Crippen LogP contribution in [0, 0.1) is 5.92 Å². The predicted molar refractivity (Wildman–Crippen MR) is 39.8 cm³/mol. The molecule has 2 aliphatic rings. The molecule has 2 saturated heterocycles. The lowest BCUT2D eigenvalue weighted by Gasteiger charge is -2.33. The first-order valence-corrected chi connectivity index (χ1v) is 4.71. The third-order valence-corrected chi connectivity index (χ3v) is 3.90. The van der Waals surface area contributed by atoms with Gasteiger partial charge in [-0.05, 0) is 24.5 Å². The number of hydrogen-bond acceptors (Lipinski definition) is 2. The number of ether oxygens (including phenoxy) is 1. The van der Waals surface area contributed by atoms with E-state index in [0.29, 0.717) is 0 Å². The van der Waals surface area contributed by atoms with Crippen molar-refractivity contribution in [3.05, 3.63) is 0 Å². The zero-order chi connectivity index (χ0) is 6.10. The van der Waals surface area contributed by atoms with Crippen LogP contribution in [0.25, 0.3) is 0 Å². The van der Waals surface area contributed by atoms with Gasteiger partial charge < -0.3 is 4.74 Å². The van der Waals surface area contributed by atoms with Crippen molar-refractivity contribution < 1.29 is 4.74 Å². The molecule has 0 spiro atoms. The Hall–Kier alpha value is 0.310. The summed E-state index contributed by atoms with van der Waals surface area (Å²) in [7, 11) is 0. The van der Waals surface area contributed by atoms with Gasteiger partial charge in [-0.3, -0.25) is 0 Å². The number of rotatable bonds is 0. The van der Waals surface area contributed by atoms with Gasteiger partial charge in [-0.25, -0.2) is 0 Å². The fourth-order valence-corrected chi connectivity index (χ4v) is 2.80. The Morgan fingerprint density at radius 2 is 2.11 bits per heavy atom. The van der Waals surface area contributed by atoms with Crippen LogP contribution in [0.5, 0.6) is 0 Å². The summed E-state index contributed by atoms with van der Waals surface area (Å²) in [4.78, 5) is 0. The van der Waals surface area contributed by atoms with Gasteiger partial charge in [0.25, 0.3) is 0 Å². The van der Waals surface area contributed by atoms with E-state index < -0.39 is 0 Å². The van der Waals surface area contributed by atoms with Crippen LogP contribution in [0.3, 0.4) is 0 Å². The Bertz CT molecular complexity index is 93.1. The van der Waals surface area contributed by atoms with Gasteiger partial charge in [0.2, 0.25) is 0 Å². The van der Waals surface area contributed by atoms with E-state index in [2.05, 4.69) is 11.8 Å². The fraction of sp³-hybridized carbons (Fsp3) is 1.00. The van der Waals surface area contributed by atoms with Crippen molar-refractivity contribution >= 4 is 11.8 Å². The molecule has 9 heavy (non-hydrogen) atoms. The molecule has 0 N–H and O–H groups in total. The van der Waals surface area contributed by atoms with Crippen LogP contribution in [-0.4, -0.2) is 24.2 Å². The molecule has 1 nitrogen and oxygen atoms in total.